The van der Waals surface area contributed by atoms with Gasteiger partial charge in [-0.3, -0.25) is 0 Å². The number of aliphatic hydroxyl groups excluding tert-OH is 3. The number of unbranched alkanes of at least 4 members (excludes halogenated alkanes) is 4. The molecule has 26 heavy (non-hydrogen) atoms. The van der Waals surface area contributed by atoms with Crippen molar-refractivity contribution < 1.29 is 24.9 Å². The van der Waals surface area contributed by atoms with Gasteiger partial charge in [0.05, 0.1) is 6.10 Å². The Morgan fingerprint density at radius 3 is 2.65 bits per heavy atom. The van der Waals surface area contributed by atoms with Crippen molar-refractivity contribution in [2.75, 3.05) is 19.6 Å². The predicted octanol–water partition coefficient (Wildman–Crippen LogP) is -0.276. The first-order valence-electron chi connectivity index (χ1n) is 9.56. The fourth-order valence-electron chi connectivity index (χ4n) is 2.84. The molecule has 8 nitrogen and oxygen atoms in total. The molecule has 0 aromatic heterocycles. The van der Waals surface area contributed by atoms with Crippen LogP contribution in [0.15, 0.2) is 11.9 Å². The van der Waals surface area contributed by atoms with Gasteiger partial charge in [-0.2, -0.15) is 0 Å². The number of ether oxygens (including phenoxy) is 1. The molecule has 1 aliphatic heterocycles. The molecule has 8 heteroatoms. The molecule has 0 radical (unpaired) electrons. The van der Waals surface area contributed by atoms with Crippen molar-refractivity contribution in [2.24, 2.45) is 5.73 Å². The zero-order chi connectivity index (χ0) is 19.2. The number of nitrogens with two attached hydrogens (primary N) is 1. The van der Waals surface area contributed by atoms with E-state index < -0.39 is 24.6 Å². The number of carbonyl (C=O) groups is 1. The van der Waals surface area contributed by atoms with Crippen LogP contribution in [0.4, 0.5) is 0 Å². The summed E-state index contributed by atoms with van der Waals surface area (Å²) >= 11 is 0. The van der Waals surface area contributed by atoms with Crippen molar-refractivity contribution in [2.45, 2.75) is 76.0 Å². The van der Waals surface area contributed by atoms with Crippen molar-refractivity contribution >= 4 is 6.29 Å². The summed E-state index contributed by atoms with van der Waals surface area (Å²) in [6.07, 6.45) is 5.72. The van der Waals surface area contributed by atoms with Gasteiger partial charge in [0.25, 0.3) is 0 Å². The van der Waals surface area contributed by atoms with Crippen molar-refractivity contribution in [1.82, 2.24) is 10.6 Å². The minimum Gasteiger partial charge on any atom is -0.401 e. The molecular formula is C18H35N3O5. The second-order valence-corrected chi connectivity index (χ2v) is 6.77. The van der Waals surface area contributed by atoms with E-state index in [2.05, 4.69) is 10.6 Å². The van der Waals surface area contributed by atoms with Gasteiger partial charge in [0.15, 0.2) is 6.29 Å². The zero-order valence-electron chi connectivity index (χ0n) is 15.5. The van der Waals surface area contributed by atoms with E-state index in [-0.39, 0.29) is 6.42 Å². The van der Waals surface area contributed by atoms with Gasteiger partial charge in [-0.25, -0.2) is 0 Å². The normalized spacial score (nSPS) is 26.7. The second-order valence-electron chi connectivity index (χ2n) is 6.77. The molecule has 0 aromatic carbocycles. The number of carbonyl (C=O) groups excluding carboxylic acids is 1. The Morgan fingerprint density at radius 2 is 1.88 bits per heavy atom. The van der Waals surface area contributed by atoms with Gasteiger partial charge in [-0.15, -0.1) is 0 Å². The first-order valence-corrected chi connectivity index (χ1v) is 9.56. The number of rotatable bonds is 14. The molecule has 1 rings (SSSR count). The highest BCUT2D eigenvalue weighted by Gasteiger charge is 2.35. The summed E-state index contributed by atoms with van der Waals surface area (Å²) in [7, 11) is 0. The van der Waals surface area contributed by atoms with Crippen molar-refractivity contribution in [3.63, 3.8) is 0 Å². The van der Waals surface area contributed by atoms with Crippen LogP contribution in [0.5, 0.6) is 0 Å². The molecule has 1 aliphatic rings. The molecule has 2 unspecified atom stereocenters. The van der Waals surface area contributed by atoms with Gasteiger partial charge in [0, 0.05) is 37.8 Å². The van der Waals surface area contributed by atoms with E-state index in [9.17, 15) is 20.1 Å². The summed E-state index contributed by atoms with van der Waals surface area (Å²) in [5.74, 6) is 0. The summed E-state index contributed by atoms with van der Waals surface area (Å²) in [6.45, 7) is 1.96. The number of allylic oxidation sites excluding steroid dienone is 1. The van der Waals surface area contributed by atoms with Crippen LogP contribution in [-0.4, -0.2) is 65.8 Å². The van der Waals surface area contributed by atoms with Crippen molar-refractivity contribution in [1.29, 1.82) is 0 Å². The van der Waals surface area contributed by atoms with E-state index in [0.29, 0.717) is 13.0 Å². The molecule has 0 aliphatic carbocycles. The molecular weight excluding hydrogens is 338 g/mol. The summed E-state index contributed by atoms with van der Waals surface area (Å²) in [5.41, 5.74) is 6.74. The molecule has 4 atom stereocenters. The fourth-order valence-corrected chi connectivity index (χ4v) is 2.84. The van der Waals surface area contributed by atoms with E-state index in [0.717, 1.165) is 63.6 Å². The highest BCUT2D eigenvalue weighted by atomic mass is 16.6. The lowest BCUT2D eigenvalue weighted by molar-refractivity contribution is -0.230. The topological polar surface area (TPSA) is 137 Å². The van der Waals surface area contributed by atoms with Gasteiger partial charge < -0.3 is 41.2 Å². The Hall–Kier alpha value is -1.19. The van der Waals surface area contributed by atoms with Crippen molar-refractivity contribution in [3.8, 4) is 0 Å². The van der Waals surface area contributed by atoms with Crippen LogP contribution >= 0.6 is 0 Å². The maximum atomic E-state index is 10.2. The average Bonchev–Trinajstić information content (AvgIpc) is 2.61. The molecule has 0 spiro atoms. The lowest BCUT2D eigenvalue weighted by Crippen LogP contribution is -2.52. The third-order valence-corrected chi connectivity index (χ3v) is 4.40. The molecule has 0 amide bonds. The zero-order valence-corrected chi connectivity index (χ0v) is 15.5. The molecule has 0 bridgehead atoms. The highest BCUT2D eigenvalue weighted by Crippen LogP contribution is 2.18. The number of nitrogens with one attached hydrogen (secondary N) is 2. The molecule has 1 heterocycles. The minimum atomic E-state index is -1.02. The molecule has 0 aromatic rings. The molecule has 1 fully saturated rings. The Labute approximate surface area is 155 Å². The molecule has 0 saturated carbocycles. The van der Waals surface area contributed by atoms with Crippen LogP contribution < -0.4 is 16.4 Å². The first kappa shape index (κ1) is 22.9. The smallest absolute Gasteiger partial charge is 0.157 e. The van der Waals surface area contributed by atoms with Gasteiger partial charge in [0.1, 0.15) is 18.5 Å². The molecule has 7 N–H and O–H groups in total. The van der Waals surface area contributed by atoms with Crippen molar-refractivity contribution in [3.05, 3.63) is 11.9 Å². The monoisotopic (exact) mass is 373 g/mol. The summed E-state index contributed by atoms with van der Waals surface area (Å²) in [6, 6.07) is 0. The van der Waals surface area contributed by atoms with Gasteiger partial charge >= 0.3 is 0 Å². The Balaban J connectivity index is 1.96. The number of hydrogen-bond acceptors (Lipinski definition) is 8. The van der Waals surface area contributed by atoms with E-state index >= 15 is 0 Å². The van der Waals surface area contributed by atoms with E-state index in [1.807, 2.05) is 6.20 Å². The van der Waals surface area contributed by atoms with E-state index in [1.165, 1.54) is 0 Å². The minimum absolute atomic E-state index is 0.0451. The van der Waals surface area contributed by atoms with Crippen LogP contribution in [0.3, 0.4) is 0 Å². The van der Waals surface area contributed by atoms with Crippen LogP contribution in [0.2, 0.25) is 0 Å². The molecule has 1 saturated heterocycles. The Morgan fingerprint density at radius 1 is 1.12 bits per heavy atom. The van der Waals surface area contributed by atoms with Gasteiger partial charge in [0.2, 0.25) is 0 Å². The van der Waals surface area contributed by atoms with Crippen LogP contribution in [0, 0.1) is 0 Å². The van der Waals surface area contributed by atoms with E-state index in [4.69, 9.17) is 10.5 Å². The third kappa shape index (κ3) is 10.1. The first-order chi connectivity index (χ1) is 12.5. The molecule has 152 valence electrons. The number of aliphatic hydroxyl groups is 3. The second kappa shape index (κ2) is 13.9. The third-order valence-electron chi connectivity index (χ3n) is 4.40. The largest absolute Gasteiger partial charge is 0.401 e. The van der Waals surface area contributed by atoms with Crippen LogP contribution in [-0.2, 0) is 9.53 Å². The van der Waals surface area contributed by atoms with Crippen LogP contribution in [0.1, 0.15) is 51.4 Å². The maximum Gasteiger partial charge on any atom is 0.157 e. The Bertz CT molecular complexity index is 408. The SMILES string of the molecule is N/C(=C\NCCCC=O)CCCCCCNCC1OC(O)C[C@@H](O)[C@H]1O. The highest BCUT2D eigenvalue weighted by molar-refractivity contribution is 5.49. The fraction of sp³-hybridized carbons (Fsp3) is 0.833. The lowest BCUT2D eigenvalue weighted by atomic mass is 10.0. The quantitative estimate of drug-likeness (QED) is 0.181. The van der Waals surface area contributed by atoms with Crippen LogP contribution in [0.25, 0.3) is 0 Å². The average molecular weight is 373 g/mol. The summed E-state index contributed by atoms with van der Waals surface area (Å²) < 4.78 is 5.23. The van der Waals surface area contributed by atoms with Gasteiger partial charge in [-0.1, -0.05) is 12.8 Å². The Kier molecular flexibility index (Phi) is 12.3. The van der Waals surface area contributed by atoms with Gasteiger partial charge in [-0.05, 0) is 32.2 Å². The standard InChI is InChI=1S/C18H35N3O5/c19-14(12-20-9-5-6-10-22)7-3-1-2-4-8-21-13-16-18(25)15(23)11-17(24)26-16/h10,12,15-18,20-21,23-25H,1-9,11,13,19H2/b14-12-/t15-,16?,17?,18-/m1/s1. The predicted molar refractivity (Wildman–Crippen MR) is 99.0 cm³/mol. The number of hydrogen-bond donors (Lipinski definition) is 6. The summed E-state index contributed by atoms with van der Waals surface area (Å²) in [5, 5.41) is 35.2. The maximum absolute atomic E-state index is 10.2. The lowest BCUT2D eigenvalue weighted by Gasteiger charge is -2.35. The summed E-state index contributed by atoms with van der Waals surface area (Å²) in [4.78, 5) is 10.2. The number of aldehydes is 1. The van der Waals surface area contributed by atoms with E-state index in [1.54, 1.807) is 0 Å².